The molecule has 1 fully saturated rings. The van der Waals surface area contributed by atoms with Gasteiger partial charge in [0.2, 0.25) is 12.2 Å². The number of hydrogen-bond acceptors (Lipinski definition) is 12. The van der Waals surface area contributed by atoms with E-state index in [4.69, 9.17) is 24.7 Å². The molecular formula is C34H36N4O11. The summed E-state index contributed by atoms with van der Waals surface area (Å²) in [6.07, 6.45) is -4.51. The van der Waals surface area contributed by atoms with E-state index in [1.165, 1.54) is 12.1 Å². The van der Waals surface area contributed by atoms with E-state index in [1.54, 1.807) is 30.3 Å². The number of carbonyl (C=O) groups excluding carboxylic acids is 4. The Labute approximate surface area is 280 Å². The fraction of sp³-hybridized carbons (Fsp3) is 0.294. The zero-order valence-electron chi connectivity index (χ0n) is 26.2. The number of amides is 4. The first-order valence-electron chi connectivity index (χ1n) is 15.3. The van der Waals surface area contributed by atoms with Crippen molar-refractivity contribution in [2.75, 3.05) is 24.2 Å². The van der Waals surface area contributed by atoms with Crippen LogP contribution in [-0.4, -0.2) is 81.8 Å². The molecule has 49 heavy (non-hydrogen) atoms. The predicted molar refractivity (Wildman–Crippen MR) is 173 cm³/mol. The molecule has 0 aromatic heterocycles. The highest BCUT2D eigenvalue weighted by Gasteiger charge is 2.39. The molecule has 0 unspecified atom stereocenters. The molecule has 0 bridgehead atoms. The smallest absolute Gasteiger partial charge is 0.407 e. The lowest BCUT2D eigenvalue weighted by atomic mass is 10.1. The van der Waals surface area contributed by atoms with Gasteiger partial charge in [-0.3, -0.25) is 19.3 Å². The van der Waals surface area contributed by atoms with Gasteiger partial charge in [-0.15, -0.1) is 0 Å². The van der Waals surface area contributed by atoms with E-state index in [-0.39, 0.29) is 44.2 Å². The molecule has 2 aliphatic rings. The third-order valence-corrected chi connectivity index (χ3v) is 7.59. The van der Waals surface area contributed by atoms with Crippen LogP contribution in [0.2, 0.25) is 0 Å². The fourth-order valence-corrected chi connectivity index (χ4v) is 4.81. The summed E-state index contributed by atoms with van der Waals surface area (Å²) in [5.41, 5.74) is 8.67. The number of aliphatic hydroxyl groups is 3. The van der Waals surface area contributed by atoms with Crippen LogP contribution in [0.25, 0.3) is 0 Å². The molecule has 15 nitrogen and oxygen atoms in total. The van der Waals surface area contributed by atoms with Gasteiger partial charge in [0, 0.05) is 37.3 Å². The molecule has 5 rings (SSSR count). The molecule has 15 heteroatoms. The SMILES string of the molecule is Nc1ccc(OCc2ccc(CNC(=O)OCc3ccc(O[C@@H]4OC[C@@H](O)[C@H](O)[C@H]4O)c(NC(=O)CCN4C(=O)C=CC4=O)c3)cc2)cc1. The lowest BCUT2D eigenvalue weighted by Crippen LogP contribution is -2.54. The zero-order valence-corrected chi connectivity index (χ0v) is 26.2. The number of alkyl carbamates (subject to hydrolysis) is 1. The Bertz CT molecular complexity index is 1660. The maximum absolute atomic E-state index is 12.8. The Morgan fingerprint density at radius 1 is 0.878 bits per heavy atom. The summed E-state index contributed by atoms with van der Waals surface area (Å²) in [5, 5.41) is 35.4. The summed E-state index contributed by atoms with van der Waals surface area (Å²) in [5.74, 6) is -0.897. The van der Waals surface area contributed by atoms with Crippen molar-refractivity contribution in [2.24, 2.45) is 0 Å². The van der Waals surface area contributed by atoms with Crippen LogP contribution >= 0.6 is 0 Å². The van der Waals surface area contributed by atoms with Crippen LogP contribution in [0.15, 0.2) is 78.9 Å². The number of anilines is 2. The Hall–Kier alpha value is -5.48. The van der Waals surface area contributed by atoms with Gasteiger partial charge in [0.1, 0.15) is 43.0 Å². The maximum atomic E-state index is 12.8. The second kappa shape index (κ2) is 16.1. The third-order valence-electron chi connectivity index (χ3n) is 7.59. The van der Waals surface area contributed by atoms with E-state index in [1.807, 2.05) is 24.3 Å². The fourth-order valence-electron chi connectivity index (χ4n) is 4.81. The van der Waals surface area contributed by atoms with Crippen molar-refractivity contribution in [3.05, 3.63) is 95.6 Å². The molecule has 258 valence electrons. The molecule has 4 amide bonds. The van der Waals surface area contributed by atoms with Gasteiger partial charge >= 0.3 is 6.09 Å². The summed E-state index contributed by atoms with van der Waals surface area (Å²) in [6.45, 7) is -0.0916. The molecular weight excluding hydrogens is 640 g/mol. The first kappa shape index (κ1) is 34.8. The Kier molecular flexibility index (Phi) is 11.4. The van der Waals surface area contributed by atoms with E-state index in [0.29, 0.717) is 23.6 Å². The van der Waals surface area contributed by atoms with Crippen LogP contribution in [0.3, 0.4) is 0 Å². The van der Waals surface area contributed by atoms with Gasteiger partial charge in [0.25, 0.3) is 11.8 Å². The van der Waals surface area contributed by atoms with Gasteiger partial charge in [-0.2, -0.15) is 0 Å². The molecule has 2 heterocycles. The number of hydrogen-bond donors (Lipinski definition) is 6. The standard InChI is InChI=1S/C34H36N4O11/c35-23-6-8-24(9-7-23)46-17-21-3-1-20(2-4-21)16-36-34(45)48-18-22-5-10-27(49-33-32(44)31(43)26(39)19-47-33)25(15-22)37-28(40)13-14-38-29(41)11-12-30(38)42/h1-12,15,26,31-33,39,43-44H,13-14,16-19,35H2,(H,36,45)(H,37,40)/t26-,31+,32-,33+/m1/s1. The highest BCUT2D eigenvalue weighted by molar-refractivity contribution is 6.13. The van der Waals surface area contributed by atoms with Gasteiger partial charge in [-0.1, -0.05) is 30.3 Å². The van der Waals surface area contributed by atoms with Crippen molar-refractivity contribution >= 4 is 35.2 Å². The van der Waals surface area contributed by atoms with Crippen molar-refractivity contribution in [3.8, 4) is 11.5 Å². The molecule has 4 atom stereocenters. The molecule has 0 radical (unpaired) electrons. The number of nitrogens with zero attached hydrogens (tertiary/aromatic N) is 1. The van der Waals surface area contributed by atoms with Gasteiger partial charge in [-0.25, -0.2) is 4.79 Å². The number of benzene rings is 3. The van der Waals surface area contributed by atoms with Crippen LogP contribution in [-0.2, 0) is 43.6 Å². The molecule has 2 aliphatic heterocycles. The van der Waals surface area contributed by atoms with E-state index in [2.05, 4.69) is 10.6 Å². The van der Waals surface area contributed by atoms with Crippen molar-refractivity contribution in [1.82, 2.24) is 10.2 Å². The minimum atomic E-state index is -1.60. The monoisotopic (exact) mass is 676 g/mol. The van der Waals surface area contributed by atoms with Crippen LogP contribution in [0.5, 0.6) is 11.5 Å². The molecule has 7 N–H and O–H groups in total. The molecule has 3 aromatic carbocycles. The number of ether oxygens (including phenoxy) is 4. The lowest BCUT2D eigenvalue weighted by Gasteiger charge is -2.35. The van der Waals surface area contributed by atoms with Crippen LogP contribution in [0.4, 0.5) is 16.2 Å². The second-order valence-corrected chi connectivity index (χ2v) is 11.3. The molecule has 1 saturated heterocycles. The van der Waals surface area contributed by atoms with Crippen molar-refractivity contribution in [2.45, 2.75) is 50.8 Å². The Morgan fingerprint density at radius 3 is 2.27 bits per heavy atom. The van der Waals surface area contributed by atoms with Gasteiger partial charge in [0.15, 0.2) is 0 Å². The highest BCUT2D eigenvalue weighted by Crippen LogP contribution is 2.30. The molecule has 3 aromatic rings. The molecule has 0 aliphatic carbocycles. The van der Waals surface area contributed by atoms with Crippen molar-refractivity contribution in [1.29, 1.82) is 0 Å². The number of rotatable bonds is 13. The Balaban J connectivity index is 1.15. The van der Waals surface area contributed by atoms with Crippen molar-refractivity contribution < 1.29 is 53.4 Å². The average molecular weight is 677 g/mol. The predicted octanol–water partition coefficient (Wildman–Crippen LogP) is 1.35. The maximum Gasteiger partial charge on any atom is 0.407 e. The van der Waals surface area contributed by atoms with Gasteiger partial charge in [-0.05, 0) is 53.1 Å². The number of aliphatic hydroxyl groups excluding tert-OH is 3. The van der Waals surface area contributed by atoms with E-state index in [0.717, 1.165) is 28.2 Å². The quantitative estimate of drug-likeness (QED) is 0.112. The number of carbonyl (C=O) groups is 4. The number of nitrogens with two attached hydrogens (primary N) is 1. The minimum Gasteiger partial charge on any atom is -0.489 e. The van der Waals surface area contributed by atoms with Crippen LogP contribution < -0.4 is 25.8 Å². The zero-order chi connectivity index (χ0) is 34.9. The summed E-state index contributed by atoms with van der Waals surface area (Å²) < 4.78 is 22.1. The highest BCUT2D eigenvalue weighted by atomic mass is 16.7. The second-order valence-electron chi connectivity index (χ2n) is 11.3. The Morgan fingerprint density at radius 2 is 1.55 bits per heavy atom. The van der Waals surface area contributed by atoms with E-state index in [9.17, 15) is 34.5 Å². The average Bonchev–Trinajstić information content (AvgIpc) is 3.42. The lowest BCUT2D eigenvalue weighted by molar-refractivity contribution is -0.241. The summed E-state index contributed by atoms with van der Waals surface area (Å²) >= 11 is 0. The number of nitrogens with one attached hydrogen (secondary N) is 2. The first-order chi connectivity index (χ1) is 23.5. The number of imide groups is 1. The summed E-state index contributed by atoms with van der Waals surface area (Å²) in [6, 6.07) is 19.0. The van der Waals surface area contributed by atoms with E-state index >= 15 is 0 Å². The minimum absolute atomic E-state index is 0.0338. The van der Waals surface area contributed by atoms with Gasteiger partial charge < -0.3 is 50.6 Å². The topological polar surface area (TPSA) is 219 Å². The first-order valence-corrected chi connectivity index (χ1v) is 15.3. The summed E-state index contributed by atoms with van der Waals surface area (Å²) in [7, 11) is 0. The number of nitrogen functional groups attached to an aromatic ring is 1. The van der Waals surface area contributed by atoms with Gasteiger partial charge in [0.05, 0.1) is 12.3 Å². The normalized spacial score (nSPS) is 20.2. The van der Waals surface area contributed by atoms with Crippen LogP contribution in [0.1, 0.15) is 23.1 Å². The van der Waals surface area contributed by atoms with Crippen LogP contribution in [0, 0.1) is 0 Å². The van der Waals surface area contributed by atoms with E-state index < -0.39 is 48.4 Å². The largest absolute Gasteiger partial charge is 0.489 e. The summed E-state index contributed by atoms with van der Waals surface area (Å²) in [4.78, 5) is 49.9. The molecule has 0 saturated carbocycles. The molecule has 0 spiro atoms. The third kappa shape index (κ3) is 9.55. The van der Waals surface area contributed by atoms with Crippen molar-refractivity contribution in [3.63, 3.8) is 0 Å².